The SMILES string of the molecule is CCC1(C(=O)O)C(C)C1(Cl)Cl. The number of alkyl halides is 2. The Kier molecular flexibility index (Phi) is 1.88. The number of hydrogen-bond donors (Lipinski definition) is 1. The Bertz CT molecular complexity index is 203. The van der Waals surface area contributed by atoms with Gasteiger partial charge in [0.25, 0.3) is 0 Å². The van der Waals surface area contributed by atoms with Crippen LogP contribution in [0.15, 0.2) is 0 Å². The lowest BCUT2D eigenvalue weighted by molar-refractivity contribution is -0.144. The highest BCUT2D eigenvalue weighted by Crippen LogP contribution is 2.70. The molecule has 11 heavy (non-hydrogen) atoms. The monoisotopic (exact) mass is 196 g/mol. The van der Waals surface area contributed by atoms with E-state index in [-0.39, 0.29) is 5.92 Å². The van der Waals surface area contributed by atoms with Crippen molar-refractivity contribution in [2.24, 2.45) is 11.3 Å². The molecule has 0 aromatic heterocycles. The third-order valence-corrected chi connectivity index (χ3v) is 4.06. The van der Waals surface area contributed by atoms with Gasteiger partial charge < -0.3 is 5.11 Å². The van der Waals surface area contributed by atoms with E-state index in [1.54, 1.807) is 13.8 Å². The van der Waals surface area contributed by atoms with Gasteiger partial charge in [0, 0.05) is 5.92 Å². The lowest BCUT2D eigenvalue weighted by atomic mass is 10.0. The van der Waals surface area contributed by atoms with Crippen LogP contribution in [0.2, 0.25) is 0 Å². The number of hydrogen-bond acceptors (Lipinski definition) is 1. The maximum absolute atomic E-state index is 10.8. The predicted molar refractivity (Wildman–Crippen MR) is 44.0 cm³/mol. The quantitative estimate of drug-likeness (QED) is 0.689. The van der Waals surface area contributed by atoms with Gasteiger partial charge in [-0.15, -0.1) is 23.2 Å². The molecule has 0 bridgehead atoms. The van der Waals surface area contributed by atoms with Crippen LogP contribution in [-0.4, -0.2) is 15.4 Å². The van der Waals surface area contributed by atoms with Gasteiger partial charge in [0.15, 0.2) is 0 Å². The molecule has 0 aromatic rings. The molecule has 0 heterocycles. The average molecular weight is 197 g/mol. The molecule has 0 spiro atoms. The highest BCUT2D eigenvalue weighted by atomic mass is 35.5. The third-order valence-electron chi connectivity index (χ3n) is 2.73. The first-order chi connectivity index (χ1) is 4.91. The molecule has 0 aliphatic heterocycles. The zero-order valence-corrected chi connectivity index (χ0v) is 7.91. The van der Waals surface area contributed by atoms with E-state index in [0.717, 1.165) is 0 Å². The number of carboxylic acid groups (broad SMARTS) is 1. The van der Waals surface area contributed by atoms with E-state index in [4.69, 9.17) is 28.3 Å². The molecule has 2 nitrogen and oxygen atoms in total. The smallest absolute Gasteiger partial charge is 0.313 e. The number of rotatable bonds is 2. The maximum atomic E-state index is 10.8. The highest BCUT2D eigenvalue weighted by molar-refractivity contribution is 6.53. The van der Waals surface area contributed by atoms with Crippen molar-refractivity contribution in [2.45, 2.75) is 24.6 Å². The van der Waals surface area contributed by atoms with Crippen molar-refractivity contribution in [1.82, 2.24) is 0 Å². The van der Waals surface area contributed by atoms with Crippen LogP contribution in [0.4, 0.5) is 0 Å². The van der Waals surface area contributed by atoms with Crippen LogP contribution < -0.4 is 0 Å². The van der Waals surface area contributed by atoms with E-state index in [1.165, 1.54) is 0 Å². The maximum Gasteiger partial charge on any atom is 0.313 e. The Morgan fingerprint density at radius 1 is 1.64 bits per heavy atom. The standard InChI is InChI=1S/C7H10Cl2O2/c1-3-6(5(10)11)4(2)7(6,8)9/h4H,3H2,1-2H3,(H,10,11). The van der Waals surface area contributed by atoms with Crippen LogP contribution in [-0.2, 0) is 4.79 Å². The minimum Gasteiger partial charge on any atom is -0.481 e. The molecule has 1 N–H and O–H groups in total. The molecule has 2 atom stereocenters. The zero-order valence-electron chi connectivity index (χ0n) is 6.40. The summed E-state index contributed by atoms with van der Waals surface area (Å²) < 4.78 is -1.06. The first kappa shape index (κ1) is 9.14. The zero-order chi connectivity index (χ0) is 8.86. The van der Waals surface area contributed by atoms with Crippen molar-refractivity contribution in [3.05, 3.63) is 0 Å². The molecule has 2 unspecified atom stereocenters. The summed E-state index contributed by atoms with van der Waals surface area (Å²) in [5, 5.41) is 8.84. The lowest BCUT2D eigenvalue weighted by Gasteiger charge is -2.08. The first-order valence-electron chi connectivity index (χ1n) is 3.52. The van der Waals surface area contributed by atoms with Gasteiger partial charge in [0.05, 0.1) is 0 Å². The van der Waals surface area contributed by atoms with Crippen molar-refractivity contribution in [1.29, 1.82) is 0 Å². The largest absolute Gasteiger partial charge is 0.481 e. The van der Waals surface area contributed by atoms with E-state index >= 15 is 0 Å². The van der Waals surface area contributed by atoms with Gasteiger partial charge in [-0.2, -0.15) is 0 Å². The summed E-state index contributed by atoms with van der Waals surface area (Å²) in [4.78, 5) is 10.8. The summed E-state index contributed by atoms with van der Waals surface area (Å²) in [7, 11) is 0. The summed E-state index contributed by atoms with van der Waals surface area (Å²) in [6.07, 6.45) is 0.483. The van der Waals surface area contributed by atoms with Gasteiger partial charge in [-0.3, -0.25) is 4.79 Å². The summed E-state index contributed by atoms with van der Waals surface area (Å²) >= 11 is 11.6. The van der Waals surface area contributed by atoms with Gasteiger partial charge in [-0.1, -0.05) is 13.8 Å². The van der Waals surface area contributed by atoms with Gasteiger partial charge in [0.1, 0.15) is 9.75 Å². The van der Waals surface area contributed by atoms with E-state index in [1.807, 2.05) is 0 Å². The lowest BCUT2D eigenvalue weighted by Crippen LogP contribution is -2.20. The van der Waals surface area contributed by atoms with Gasteiger partial charge in [0.2, 0.25) is 0 Å². The van der Waals surface area contributed by atoms with Crippen LogP contribution in [0, 0.1) is 11.3 Å². The van der Waals surface area contributed by atoms with E-state index in [0.29, 0.717) is 6.42 Å². The summed E-state index contributed by atoms with van der Waals surface area (Å²) in [6.45, 7) is 3.55. The van der Waals surface area contributed by atoms with Gasteiger partial charge in [-0.25, -0.2) is 0 Å². The Labute approximate surface area is 75.5 Å². The summed E-state index contributed by atoms with van der Waals surface area (Å²) in [5.74, 6) is -1.04. The van der Waals surface area contributed by atoms with Gasteiger partial charge >= 0.3 is 5.97 Å². The first-order valence-corrected chi connectivity index (χ1v) is 4.28. The molecule has 1 fully saturated rings. The fourth-order valence-corrected chi connectivity index (χ4v) is 2.68. The van der Waals surface area contributed by atoms with Crippen molar-refractivity contribution in [3.8, 4) is 0 Å². The van der Waals surface area contributed by atoms with Crippen LogP contribution in [0.3, 0.4) is 0 Å². The molecule has 0 amide bonds. The van der Waals surface area contributed by atoms with Crippen LogP contribution in [0.1, 0.15) is 20.3 Å². The Hall–Kier alpha value is 0.0500. The van der Waals surface area contributed by atoms with E-state index < -0.39 is 15.7 Å². The molecule has 0 radical (unpaired) electrons. The molecular weight excluding hydrogens is 187 g/mol. The van der Waals surface area contributed by atoms with Crippen molar-refractivity contribution < 1.29 is 9.90 Å². The molecule has 64 valence electrons. The second kappa shape index (κ2) is 2.27. The van der Waals surface area contributed by atoms with Crippen molar-refractivity contribution in [3.63, 3.8) is 0 Å². The summed E-state index contributed by atoms with van der Waals surface area (Å²) in [6, 6.07) is 0. The van der Waals surface area contributed by atoms with Crippen molar-refractivity contribution >= 4 is 29.2 Å². The Morgan fingerprint density at radius 3 is 2.00 bits per heavy atom. The summed E-state index contributed by atoms with van der Waals surface area (Å²) in [5.41, 5.74) is -0.907. The molecule has 1 saturated carbocycles. The average Bonchev–Trinajstić information content (AvgIpc) is 2.30. The molecular formula is C7H10Cl2O2. The number of carbonyl (C=O) groups is 1. The third kappa shape index (κ3) is 0.828. The van der Waals surface area contributed by atoms with Crippen LogP contribution in [0.5, 0.6) is 0 Å². The highest BCUT2D eigenvalue weighted by Gasteiger charge is 2.77. The Balaban J connectivity index is 2.93. The molecule has 0 saturated heterocycles. The molecule has 1 aliphatic rings. The molecule has 0 aromatic carbocycles. The fourth-order valence-electron chi connectivity index (χ4n) is 1.66. The predicted octanol–water partition coefficient (Wildman–Crippen LogP) is 2.29. The number of aliphatic carboxylic acids is 1. The minimum absolute atomic E-state index is 0.152. The van der Waals surface area contributed by atoms with Crippen molar-refractivity contribution in [2.75, 3.05) is 0 Å². The van der Waals surface area contributed by atoms with Crippen LogP contribution >= 0.6 is 23.2 Å². The minimum atomic E-state index is -1.06. The Morgan fingerprint density at radius 2 is 2.00 bits per heavy atom. The number of carboxylic acids is 1. The molecule has 4 heteroatoms. The topological polar surface area (TPSA) is 37.3 Å². The van der Waals surface area contributed by atoms with Crippen LogP contribution in [0.25, 0.3) is 0 Å². The molecule has 1 rings (SSSR count). The second-order valence-electron chi connectivity index (χ2n) is 2.97. The second-order valence-corrected chi connectivity index (χ2v) is 4.36. The number of halogens is 2. The molecule has 1 aliphatic carbocycles. The van der Waals surface area contributed by atoms with Gasteiger partial charge in [-0.05, 0) is 6.42 Å². The normalized spacial score (nSPS) is 40.2. The van der Waals surface area contributed by atoms with E-state index in [9.17, 15) is 4.79 Å². The van der Waals surface area contributed by atoms with E-state index in [2.05, 4.69) is 0 Å². The fraction of sp³-hybridized carbons (Fsp3) is 0.857.